The van der Waals surface area contributed by atoms with Crippen LogP contribution >= 0.6 is 0 Å². The predicted octanol–water partition coefficient (Wildman–Crippen LogP) is 0.904. The van der Waals surface area contributed by atoms with Crippen LogP contribution in [0, 0.1) is 5.41 Å². The smallest absolute Gasteiger partial charge is 0.247 e. The highest BCUT2D eigenvalue weighted by Gasteiger charge is 2.34. The van der Waals surface area contributed by atoms with Gasteiger partial charge in [-0.1, -0.05) is 66.7 Å². The number of hydrogen-bond donors (Lipinski definition) is 4. The second-order valence-corrected chi connectivity index (χ2v) is 9.96. The maximum absolute atomic E-state index is 12.9. The van der Waals surface area contributed by atoms with Crippen molar-refractivity contribution < 1.29 is 18.0 Å². The number of nitrogens with zero attached hydrogens (tertiary/aromatic N) is 1. The Bertz CT molecular complexity index is 1160. The minimum Gasteiger partial charge on any atom is -0.384 e. The van der Waals surface area contributed by atoms with Crippen LogP contribution in [0.5, 0.6) is 0 Å². The number of amidine groups is 1. The zero-order valence-corrected chi connectivity index (χ0v) is 19.7. The van der Waals surface area contributed by atoms with Crippen LogP contribution < -0.4 is 15.8 Å². The molecule has 0 aliphatic carbocycles. The summed E-state index contributed by atoms with van der Waals surface area (Å²) in [4.78, 5) is 27.0. The third-order valence-corrected chi connectivity index (χ3v) is 6.92. The zero-order valence-electron chi connectivity index (χ0n) is 18.9. The topological polar surface area (TPSA) is 145 Å². The van der Waals surface area contributed by atoms with E-state index in [1.165, 1.54) is 11.8 Å². The number of carbonyl (C=O) groups is 2. The normalized spacial score (nSPS) is 16.3. The number of rotatable bonds is 10. The molecule has 1 aliphatic rings. The molecule has 34 heavy (non-hydrogen) atoms. The predicted molar refractivity (Wildman–Crippen MR) is 130 cm³/mol. The quantitative estimate of drug-likeness (QED) is 0.225. The number of hydrogen-bond acceptors (Lipinski definition) is 5. The lowest BCUT2D eigenvalue weighted by molar-refractivity contribution is -0.138. The van der Waals surface area contributed by atoms with Gasteiger partial charge in [-0.05, 0) is 24.5 Å². The molecule has 180 valence electrons. The summed E-state index contributed by atoms with van der Waals surface area (Å²) in [5.74, 6) is -1.01. The van der Waals surface area contributed by atoms with E-state index in [1.807, 2.05) is 30.3 Å². The minimum atomic E-state index is -3.69. The lowest BCUT2D eigenvalue weighted by Gasteiger charge is -2.27. The molecule has 0 radical (unpaired) electrons. The first-order chi connectivity index (χ1) is 16.2. The van der Waals surface area contributed by atoms with Gasteiger partial charge in [0.15, 0.2) is 0 Å². The monoisotopic (exact) mass is 483 g/mol. The minimum absolute atomic E-state index is 0.0364. The number of amides is 2. The van der Waals surface area contributed by atoms with Crippen molar-refractivity contribution >= 4 is 27.7 Å². The van der Waals surface area contributed by atoms with Crippen molar-refractivity contribution in [2.45, 2.75) is 32.0 Å². The molecule has 0 bridgehead atoms. The number of benzene rings is 2. The van der Waals surface area contributed by atoms with Crippen LogP contribution in [0.25, 0.3) is 0 Å². The molecule has 5 N–H and O–H groups in total. The zero-order chi connectivity index (χ0) is 24.7. The number of aryl methyl sites for hydroxylation is 1. The highest BCUT2D eigenvalue weighted by Crippen LogP contribution is 2.13. The van der Waals surface area contributed by atoms with Crippen LogP contribution in [0.4, 0.5) is 0 Å². The third kappa shape index (κ3) is 6.75. The second-order valence-electron chi connectivity index (χ2n) is 8.09. The summed E-state index contributed by atoms with van der Waals surface area (Å²) in [6.45, 7) is 1.94. The van der Waals surface area contributed by atoms with Gasteiger partial charge in [0.25, 0.3) is 0 Å². The Morgan fingerprint density at radius 3 is 2.44 bits per heavy atom. The average Bonchev–Trinajstić information content (AvgIpc) is 3.31. The molecule has 2 atom stereocenters. The molecule has 0 fully saturated rings. The van der Waals surface area contributed by atoms with Crippen molar-refractivity contribution in [3.05, 3.63) is 83.4 Å². The molecule has 9 nitrogen and oxygen atoms in total. The number of nitrogen functional groups attached to an aromatic ring is 1. The lowest BCUT2D eigenvalue weighted by Crippen LogP contribution is -2.52. The fraction of sp³-hybridized carbons (Fsp3) is 0.292. The van der Waals surface area contributed by atoms with Crippen LogP contribution in [0.15, 0.2) is 66.7 Å². The van der Waals surface area contributed by atoms with Gasteiger partial charge in [0.2, 0.25) is 21.8 Å². The summed E-state index contributed by atoms with van der Waals surface area (Å²) < 4.78 is 27.4. The van der Waals surface area contributed by atoms with Gasteiger partial charge in [0.05, 0.1) is 11.8 Å². The van der Waals surface area contributed by atoms with Crippen molar-refractivity contribution in [3.63, 3.8) is 0 Å². The highest BCUT2D eigenvalue weighted by molar-refractivity contribution is 7.89. The Hall–Kier alpha value is -3.50. The van der Waals surface area contributed by atoms with Gasteiger partial charge in [-0.25, -0.2) is 13.1 Å². The van der Waals surface area contributed by atoms with Crippen LogP contribution in [-0.2, 0) is 32.6 Å². The van der Waals surface area contributed by atoms with Crippen LogP contribution in [0.2, 0.25) is 0 Å². The summed E-state index contributed by atoms with van der Waals surface area (Å²) in [6, 6.07) is 14.3. The first-order valence-corrected chi connectivity index (χ1v) is 12.5. The molecule has 3 rings (SSSR count). The van der Waals surface area contributed by atoms with E-state index in [2.05, 4.69) is 10.0 Å². The van der Waals surface area contributed by atoms with Crippen molar-refractivity contribution in [2.24, 2.45) is 5.73 Å². The van der Waals surface area contributed by atoms with Crippen molar-refractivity contribution in [3.8, 4) is 0 Å². The molecular weight excluding hydrogens is 454 g/mol. The number of nitrogens with one attached hydrogen (secondary N) is 3. The second kappa shape index (κ2) is 11.1. The highest BCUT2D eigenvalue weighted by atomic mass is 32.2. The summed E-state index contributed by atoms with van der Waals surface area (Å²) >= 11 is 0. The van der Waals surface area contributed by atoms with Gasteiger partial charge in [-0.15, -0.1) is 0 Å². The molecule has 1 heterocycles. The Morgan fingerprint density at radius 1 is 1.12 bits per heavy atom. The van der Waals surface area contributed by atoms with E-state index in [-0.39, 0.29) is 30.6 Å². The molecule has 0 saturated carbocycles. The maximum Gasteiger partial charge on any atom is 0.247 e. The summed E-state index contributed by atoms with van der Waals surface area (Å²) in [5.41, 5.74) is 7.74. The summed E-state index contributed by atoms with van der Waals surface area (Å²) in [5, 5.41) is 10.2. The Labute approximate surface area is 199 Å². The lowest BCUT2D eigenvalue weighted by atomic mass is 10.1. The Kier molecular flexibility index (Phi) is 8.19. The molecule has 10 heteroatoms. The van der Waals surface area contributed by atoms with Gasteiger partial charge in [-0.3, -0.25) is 15.0 Å². The SMILES string of the molecule is C[C@@H](NS(=O)(=O)CCc1ccccc1)C(=O)N1CC=CC1C(=O)NCc1ccc(C(=N)N)cc1. The van der Waals surface area contributed by atoms with Crippen molar-refractivity contribution in [2.75, 3.05) is 12.3 Å². The van der Waals surface area contributed by atoms with Crippen LogP contribution in [-0.4, -0.2) is 55.3 Å². The van der Waals surface area contributed by atoms with Gasteiger partial charge < -0.3 is 16.0 Å². The molecule has 2 aromatic rings. The van der Waals surface area contributed by atoms with Crippen LogP contribution in [0.1, 0.15) is 23.6 Å². The van der Waals surface area contributed by atoms with Crippen molar-refractivity contribution in [1.29, 1.82) is 5.41 Å². The molecule has 0 saturated heterocycles. The fourth-order valence-electron chi connectivity index (χ4n) is 3.60. The molecule has 2 amide bonds. The maximum atomic E-state index is 12.9. The van der Waals surface area contributed by atoms with E-state index in [4.69, 9.17) is 11.1 Å². The number of sulfonamides is 1. The number of carbonyl (C=O) groups excluding carboxylic acids is 2. The van der Waals surface area contributed by atoms with Crippen LogP contribution in [0.3, 0.4) is 0 Å². The standard InChI is InChI=1S/C24H29N5O4S/c1-17(28-34(32,33)15-13-18-6-3-2-4-7-18)24(31)29-14-5-8-21(29)23(30)27-16-19-9-11-20(12-10-19)22(25)26/h2-12,17,21,28H,13-16H2,1H3,(H3,25,26)(H,27,30)/t17-,21?/m1/s1. The van der Waals surface area contributed by atoms with Gasteiger partial charge >= 0.3 is 0 Å². The first-order valence-electron chi connectivity index (χ1n) is 10.9. The fourth-order valence-corrected chi connectivity index (χ4v) is 4.86. The molecule has 2 aromatic carbocycles. The molecule has 1 unspecified atom stereocenters. The van der Waals surface area contributed by atoms with E-state index in [1.54, 1.807) is 36.4 Å². The van der Waals surface area contributed by atoms with E-state index in [9.17, 15) is 18.0 Å². The summed E-state index contributed by atoms with van der Waals surface area (Å²) in [6.07, 6.45) is 3.67. The van der Waals surface area contributed by atoms with E-state index in [0.29, 0.717) is 12.0 Å². The average molecular weight is 484 g/mol. The molecular formula is C24H29N5O4S. The third-order valence-electron chi connectivity index (χ3n) is 5.47. The molecule has 1 aliphatic heterocycles. The van der Waals surface area contributed by atoms with Crippen molar-refractivity contribution in [1.82, 2.24) is 14.9 Å². The Balaban J connectivity index is 1.54. The van der Waals surface area contributed by atoms with Gasteiger partial charge in [0.1, 0.15) is 11.9 Å². The van der Waals surface area contributed by atoms with E-state index < -0.39 is 28.0 Å². The van der Waals surface area contributed by atoms with Gasteiger partial charge in [-0.2, -0.15) is 0 Å². The number of nitrogens with two attached hydrogens (primary N) is 1. The Morgan fingerprint density at radius 2 is 1.79 bits per heavy atom. The summed E-state index contributed by atoms with van der Waals surface area (Å²) in [7, 11) is -3.69. The van der Waals surface area contributed by atoms with E-state index in [0.717, 1.165) is 11.1 Å². The van der Waals surface area contributed by atoms with Gasteiger partial charge in [0, 0.05) is 18.7 Å². The molecule has 0 spiro atoms. The first kappa shape index (κ1) is 25.1. The molecule has 0 aromatic heterocycles. The van der Waals surface area contributed by atoms with E-state index >= 15 is 0 Å². The largest absolute Gasteiger partial charge is 0.384 e.